The first kappa shape index (κ1) is 20.9. The van der Waals surface area contributed by atoms with Crippen molar-refractivity contribution >= 4 is 17.6 Å². The van der Waals surface area contributed by atoms with Gasteiger partial charge in [0.05, 0.1) is 20.3 Å². The van der Waals surface area contributed by atoms with Crippen LogP contribution in [0.15, 0.2) is 47.5 Å². The highest BCUT2D eigenvalue weighted by atomic mass is 35.5. The Hall–Kier alpha value is -2.44. The SMILES string of the molecule is CN=C(NCc1ccc(OC)c(OC)c1)NCC(OC)c1cccc(Cl)c1. The lowest BCUT2D eigenvalue weighted by Crippen LogP contribution is -2.39. The van der Waals surface area contributed by atoms with Gasteiger partial charge < -0.3 is 24.8 Å². The summed E-state index contributed by atoms with van der Waals surface area (Å²) in [5.74, 6) is 2.07. The predicted molar refractivity (Wildman–Crippen MR) is 109 cm³/mol. The number of hydrogen-bond acceptors (Lipinski definition) is 4. The van der Waals surface area contributed by atoms with Gasteiger partial charge in [0, 0.05) is 32.3 Å². The molecule has 2 rings (SSSR count). The van der Waals surface area contributed by atoms with Crippen molar-refractivity contribution in [1.29, 1.82) is 0 Å². The Morgan fingerprint density at radius 1 is 1.04 bits per heavy atom. The summed E-state index contributed by atoms with van der Waals surface area (Å²) in [5.41, 5.74) is 2.06. The zero-order valence-electron chi connectivity index (χ0n) is 16.1. The van der Waals surface area contributed by atoms with E-state index in [4.69, 9.17) is 25.8 Å². The van der Waals surface area contributed by atoms with Crippen LogP contribution in [-0.2, 0) is 11.3 Å². The molecule has 2 N–H and O–H groups in total. The van der Waals surface area contributed by atoms with Gasteiger partial charge in [-0.25, -0.2) is 0 Å². The summed E-state index contributed by atoms with van der Waals surface area (Å²) < 4.78 is 16.2. The monoisotopic (exact) mass is 391 g/mol. The smallest absolute Gasteiger partial charge is 0.191 e. The van der Waals surface area contributed by atoms with E-state index in [1.807, 2.05) is 42.5 Å². The average Bonchev–Trinajstić information content (AvgIpc) is 2.70. The molecule has 146 valence electrons. The van der Waals surface area contributed by atoms with E-state index in [1.165, 1.54) is 0 Å². The van der Waals surface area contributed by atoms with Crippen LogP contribution in [0.5, 0.6) is 11.5 Å². The number of nitrogens with one attached hydrogen (secondary N) is 2. The summed E-state index contributed by atoms with van der Waals surface area (Å²) in [6.45, 7) is 1.15. The Balaban J connectivity index is 1.94. The van der Waals surface area contributed by atoms with Crippen LogP contribution in [0.1, 0.15) is 17.2 Å². The standard InChI is InChI=1S/C20H26ClN3O3/c1-22-20(23-12-14-8-9-17(25-2)18(10-14)26-3)24-13-19(27-4)15-6-5-7-16(21)11-15/h5-11,19H,12-13H2,1-4H3,(H2,22,23,24). The molecule has 6 nitrogen and oxygen atoms in total. The fourth-order valence-electron chi connectivity index (χ4n) is 2.63. The van der Waals surface area contributed by atoms with Gasteiger partial charge in [0.1, 0.15) is 0 Å². The maximum absolute atomic E-state index is 6.07. The quantitative estimate of drug-likeness (QED) is 0.533. The molecule has 0 radical (unpaired) electrons. The molecule has 0 aliphatic carbocycles. The van der Waals surface area contributed by atoms with E-state index in [0.29, 0.717) is 35.6 Å². The number of methoxy groups -OCH3 is 3. The van der Waals surface area contributed by atoms with E-state index < -0.39 is 0 Å². The number of guanidine groups is 1. The number of aliphatic imine (C=N–C) groups is 1. The van der Waals surface area contributed by atoms with Gasteiger partial charge in [0.15, 0.2) is 17.5 Å². The van der Waals surface area contributed by atoms with Crippen LogP contribution >= 0.6 is 11.6 Å². The summed E-state index contributed by atoms with van der Waals surface area (Å²) in [6.07, 6.45) is -0.136. The van der Waals surface area contributed by atoms with E-state index in [9.17, 15) is 0 Å². The fourth-order valence-corrected chi connectivity index (χ4v) is 2.83. The minimum Gasteiger partial charge on any atom is -0.493 e. The molecular weight excluding hydrogens is 366 g/mol. The zero-order chi connectivity index (χ0) is 19.6. The molecule has 2 aromatic rings. The molecule has 27 heavy (non-hydrogen) atoms. The first-order valence-corrected chi connectivity index (χ1v) is 8.92. The first-order chi connectivity index (χ1) is 13.1. The zero-order valence-corrected chi connectivity index (χ0v) is 16.8. The second kappa shape index (κ2) is 10.6. The molecule has 1 atom stereocenters. The number of rotatable bonds is 8. The summed E-state index contributed by atoms with van der Waals surface area (Å²) in [7, 11) is 6.64. The molecule has 0 fully saturated rings. The lowest BCUT2D eigenvalue weighted by molar-refractivity contribution is 0.106. The Bertz CT molecular complexity index is 768. The van der Waals surface area contributed by atoms with E-state index in [-0.39, 0.29) is 6.10 Å². The first-order valence-electron chi connectivity index (χ1n) is 8.55. The molecule has 0 amide bonds. The van der Waals surface area contributed by atoms with Crippen molar-refractivity contribution in [3.63, 3.8) is 0 Å². The fraction of sp³-hybridized carbons (Fsp3) is 0.350. The maximum atomic E-state index is 6.07. The number of halogens is 1. The molecule has 0 heterocycles. The minimum absolute atomic E-state index is 0.136. The highest BCUT2D eigenvalue weighted by Crippen LogP contribution is 2.27. The second-order valence-corrected chi connectivity index (χ2v) is 6.21. The van der Waals surface area contributed by atoms with Crippen LogP contribution in [0.2, 0.25) is 5.02 Å². The van der Waals surface area contributed by atoms with Crippen LogP contribution in [0.25, 0.3) is 0 Å². The maximum Gasteiger partial charge on any atom is 0.191 e. The molecule has 7 heteroatoms. The molecule has 1 unspecified atom stereocenters. The third-order valence-corrected chi connectivity index (χ3v) is 4.33. The number of nitrogens with zero attached hydrogens (tertiary/aromatic N) is 1. The topological polar surface area (TPSA) is 64.1 Å². The lowest BCUT2D eigenvalue weighted by Gasteiger charge is -2.19. The van der Waals surface area contributed by atoms with Crippen molar-refractivity contribution < 1.29 is 14.2 Å². The highest BCUT2D eigenvalue weighted by Gasteiger charge is 2.12. The van der Waals surface area contributed by atoms with Crippen LogP contribution in [0.4, 0.5) is 0 Å². The van der Waals surface area contributed by atoms with Gasteiger partial charge in [-0.05, 0) is 35.4 Å². The summed E-state index contributed by atoms with van der Waals surface area (Å²) >= 11 is 6.07. The van der Waals surface area contributed by atoms with E-state index in [1.54, 1.807) is 28.4 Å². The van der Waals surface area contributed by atoms with Crippen molar-refractivity contribution in [3.05, 3.63) is 58.6 Å². The molecule has 2 aromatic carbocycles. The Labute approximate surface area is 165 Å². The second-order valence-electron chi connectivity index (χ2n) is 5.78. The molecule has 0 aliphatic heterocycles. The predicted octanol–water partition coefficient (Wildman–Crippen LogP) is 3.41. The summed E-state index contributed by atoms with van der Waals surface area (Å²) in [4.78, 5) is 4.25. The molecule has 0 saturated carbocycles. The Kier molecular flexibility index (Phi) is 8.23. The van der Waals surface area contributed by atoms with Crippen LogP contribution in [0.3, 0.4) is 0 Å². The molecule has 0 spiro atoms. The third kappa shape index (κ3) is 6.05. The van der Waals surface area contributed by atoms with E-state index >= 15 is 0 Å². The van der Waals surface area contributed by atoms with Gasteiger partial charge in [0.2, 0.25) is 0 Å². The largest absolute Gasteiger partial charge is 0.493 e. The highest BCUT2D eigenvalue weighted by molar-refractivity contribution is 6.30. The molecule has 0 aromatic heterocycles. The van der Waals surface area contributed by atoms with E-state index in [0.717, 1.165) is 11.1 Å². The molecule has 0 bridgehead atoms. The van der Waals surface area contributed by atoms with Gasteiger partial charge in [-0.2, -0.15) is 0 Å². The van der Waals surface area contributed by atoms with Gasteiger partial charge >= 0.3 is 0 Å². The Morgan fingerprint density at radius 2 is 1.81 bits per heavy atom. The molecule has 0 saturated heterocycles. The third-order valence-electron chi connectivity index (χ3n) is 4.09. The van der Waals surface area contributed by atoms with Gasteiger partial charge in [0.25, 0.3) is 0 Å². The average molecular weight is 392 g/mol. The Morgan fingerprint density at radius 3 is 2.44 bits per heavy atom. The van der Waals surface area contributed by atoms with Crippen molar-refractivity contribution in [1.82, 2.24) is 10.6 Å². The normalized spacial score (nSPS) is 12.4. The van der Waals surface area contributed by atoms with Gasteiger partial charge in [-0.15, -0.1) is 0 Å². The summed E-state index contributed by atoms with van der Waals surface area (Å²) in [6, 6.07) is 13.4. The van der Waals surface area contributed by atoms with Crippen LogP contribution in [-0.4, -0.2) is 40.9 Å². The van der Waals surface area contributed by atoms with Crippen molar-refractivity contribution in [2.75, 3.05) is 34.9 Å². The minimum atomic E-state index is -0.136. The van der Waals surface area contributed by atoms with Crippen LogP contribution < -0.4 is 20.1 Å². The molecular formula is C20H26ClN3O3. The van der Waals surface area contributed by atoms with Crippen LogP contribution in [0, 0.1) is 0 Å². The number of hydrogen-bond donors (Lipinski definition) is 2. The van der Waals surface area contributed by atoms with Gasteiger partial charge in [-0.3, -0.25) is 4.99 Å². The van der Waals surface area contributed by atoms with Crippen molar-refractivity contribution in [2.45, 2.75) is 12.6 Å². The number of benzene rings is 2. The summed E-state index contributed by atoms with van der Waals surface area (Å²) in [5, 5.41) is 7.24. The van der Waals surface area contributed by atoms with Gasteiger partial charge in [-0.1, -0.05) is 29.8 Å². The van der Waals surface area contributed by atoms with Crippen molar-refractivity contribution in [2.24, 2.45) is 4.99 Å². The van der Waals surface area contributed by atoms with E-state index in [2.05, 4.69) is 15.6 Å². The van der Waals surface area contributed by atoms with Crippen molar-refractivity contribution in [3.8, 4) is 11.5 Å². The molecule has 0 aliphatic rings. The lowest BCUT2D eigenvalue weighted by atomic mass is 10.1. The number of ether oxygens (including phenoxy) is 3.